The van der Waals surface area contributed by atoms with Crippen LogP contribution in [-0.2, 0) is 20.8 Å². The van der Waals surface area contributed by atoms with Gasteiger partial charge in [0.15, 0.2) is 0 Å². The Bertz CT molecular complexity index is 622. The molecule has 0 bridgehead atoms. The Labute approximate surface area is 134 Å². The summed E-state index contributed by atoms with van der Waals surface area (Å²) in [6.07, 6.45) is 1.83. The summed E-state index contributed by atoms with van der Waals surface area (Å²) in [7, 11) is 0. The normalized spacial score (nSPS) is 19.5. The van der Waals surface area contributed by atoms with Crippen molar-refractivity contribution in [1.82, 2.24) is 9.80 Å². The van der Waals surface area contributed by atoms with Gasteiger partial charge in [-0.2, -0.15) is 0 Å². The van der Waals surface area contributed by atoms with Crippen LogP contribution >= 0.6 is 0 Å². The Morgan fingerprint density at radius 3 is 2.30 bits per heavy atom. The number of likely N-dealkylation sites (tertiary alicyclic amines) is 2. The summed E-state index contributed by atoms with van der Waals surface area (Å²) in [5.41, 5.74) is 0.393. The Hall–Kier alpha value is -2.24. The first-order valence-electron chi connectivity index (χ1n) is 7.92. The summed E-state index contributed by atoms with van der Waals surface area (Å²) in [6.45, 7) is 0.990. The molecule has 2 fully saturated rings. The molecule has 2 saturated heterocycles. The van der Waals surface area contributed by atoms with Gasteiger partial charge in [0.25, 0.3) is 0 Å². The summed E-state index contributed by atoms with van der Waals surface area (Å²) in [5, 5.41) is 0. The topological polar surface area (TPSA) is 57.7 Å². The molecule has 122 valence electrons. The number of hydrogen-bond donors (Lipinski definition) is 0. The standard InChI is InChI=1S/C17H19FN2O3/c18-14-4-2-1-3-12(14)11-17(23)19-9-7-13(8-10-19)20-15(21)5-6-16(20)22/h1-4,13H,5-11H2. The lowest BCUT2D eigenvalue weighted by Crippen LogP contribution is -2.48. The first-order valence-corrected chi connectivity index (χ1v) is 7.92. The van der Waals surface area contributed by atoms with Gasteiger partial charge < -0.3 is 4.90 Å². The number of carbonyl (C=O) groups excluding carboxylic acids is 3. The fraction of sp³-hybridized carbons (Fsp3) is 0.471. The Morgan fingerprint density at radius 2 is 1.70 bits per heavy atom. The highest BCUT2D eigenvalue weighted by Crippen LogP contribution is 2.23. The Kier molecular flexibility index (Phi) is 4.41. The van der Waals surface area contributed by atoms with Crippen molar-refractivity contribution < 1.29 is 18.8 Å². The molecule has 0 atom stereocenters. The van der Waals surface area contributed by atoms with E-state index in [0.29, 0.717) is 44.3 Å². The van der Waals surface area contributed by atoms with E-state index in [9.17, 15) is 18.8 Å². The Balaban J connectivity index is 1.56. The molecule has 23 heavy (non-hydrogen) atoms. The van der Waals surface area contributed by atoms with Gasteiger partial charge in [0.1, 0.15) is 5.82 Å². The molecule has 0 saturated carbocycles. The van der Waals surface area contributed by atoms with Crippen molar-refractivity contribution in [2.75, 3.05) is 13.1 Å². The molecule has 3 amide bonds. The second-order valence-corrected chi connectivity index (χ2v) is 6.04. The quantitative estimate of drug-likeness (QED) is 0.794. The SMILES string of the molecule is O=C(Cc1ccccc1F)N1CCC(N2C(=O)CCC2=O)CC1. The van der Waals surface area contributed by atoms with Crippen molar-refractivity contribution in [3.63, 3.8) is 0 Å². The first kappa shape index (κ1) is 15.6. The second kappa shape index (κ2) is 6.48. The largest absolute Gasteiger partial charge is 0.342 e. The van der Waals surface area contributed by atoms with Gasteiger partial charge in [-0.05, 0) is 24.5 Å². The van der Waals surface area contributed by atoms with Crippen molar-refractivity contribution in [3.05, 3.63) is 35.6 Å². The van der Waals surface area contributed by atoms with Crippen molar-refractivity contribution >= 4 is 17.7 Å². The second-order valence-electron chi connectivity index (χ2n) is 6.04. The minimum absolute atomic E-state index is 0.0406. The molecule has 0 radical (unpaired) electrons. The zero-order valence-corrected chi connectivity index (χ0v) is 12.8. The molecule has 5 nitrogen and oxygen atoms in total. The molecule has 0 aromatic heterocycles. The van der Waals surface area contributed by atoms with E-state index in [-0.39, 0.29) is 36.0 Å². The summed E-state index contributed by atoms with van der Waals surface area (Å²) in [4.78, 5) is 38.9. The number of imide groups is 1. The number of nitrogens with zero attached hydrogens (tertiary/aromatic N) is 2. The fourth-order valence-electron chi connectivity index (χ4n) is 3.29. The van der Waals surface area contributed by atoms with Gasteiger partial charge in [-0.15, -0.1) is 0 Å². The molecule has 2 heterocycles. The van der Waals surface area contributed by atoms with Crippen molar-refractivity contribution in [2.45, 2.75) is 38.1 Å². The lowest BCUT2D eigenvalue weighted by Gasteiger charge is -2.35. The van der Waals surface area contributed by atoms with E-state index in [1.165, 1.54) is 11.0 Å². The van der Waals surface area contributed by atoms with Gasteiger partial charge in [0, 0.05) is 32.0 Å². The molecule has 0 aliphatic carbocycles. The zero-order valence-electron chi connectivity index (χ0n) is 12.8. The van der Waals surface area contributed by atoms with Crippen molar-refractivity contribution in [3.8, 4) is 0 Å². The number of hydrogen-bond acceptors (Lipinski definition) is 3. The number of halogens is 1. The molecule has 2 aliphatic heterocycles. The molecule has 0 spiro atoms. The highest BCUT2D eigenvalue weighted by Gasteiger charge is 2.37. The maximum Gasteiger partial charge on any atom is 0.229 e. The number of piperidine rings is 1. The molecule has 6 heteroatoms. The molecular formula is C17H19FN2O3. The van der Waals surface area contributed by atoms with E-state index in [4.69, 9.17) is 0 Å². The van der Waals surface area contributed by atoms with Crippen LogP contribution in [0.15, 0.2) is 24.3 Å². The van der Waals surface area contributed by atoms with Gasteiger partial charge >= 0.3 is 0 Å². The fourth-order valence-corrected chi connectivity index (χ4v) is 3.29. The first-order chi connectivity index (χ1) is 11.1. The molecule has 0 unspecified atom stereocenters. The molecule has 1 aromatic carbocycles. The lowest BCUT2D eigenvalue weighted by atomic mass is 10.0. The van der Waals surface area contributed by atoms with Crippen LogP contribution < -0.4 is 0 Å². The molecule has 1 aromatic rings. The van der Waals surface area contributed by atoms with E-state index in [0.717, 1.165) is 0 Å². The predicted molar refractivity (Wildman–Crippen MR) is 80.8 cm³/mol. The van der Waals surface area contributed by atoms with E-state index < -0.39 is 0 Å². The van der Waals surface area contributed by atoms with E-state index in [2.05, 4.69) is 0 Å². The summed E-state index contributed by atoms with van der Waals surface area (Å²) in [5.74, 6) is -0.700. The molecule has 0 N–H and O–H groups in total. The van der Waals surface area contributed by atoms with Crippen LogP contribution in [0.25, 0.3) is 0 Å². The van der Waals surface area contributed by atoms with Crippen LogP contribution in [-0.4, -0.2) is 46.7 Å². The minimum atomic E-state index is -0.371. The highest BCUT2D eigenvalue weighted by atomic mass is 19.1. The average Bonchev–Trinajstić information content (AvgIpc) is 2.88. The monoisotopic (exact) mass is 318 g/mol. The third-order valence-electron chi connectivity index (χ3n) is 4.57. The van der Waals surface area contributed by atoms with Crippen LogP contribution in [0.1, 0.15) is 31.2 Å². The van der Waals surface area contributed by atoms with E-state index in [1.807, 2.05) is 0 Å². The average molecular weight is 318 g/mol. The number of rotatable bonds is 3. The summed E-state index contributed by atoms with van der Waals surface area (Å²) >= 11 is 0. The van der Waals surface area contributed by atoms with E-state index >= 15 is 0 Å². The van der Waals surface area contributed by atoms with Crippen molar-refractivity contribution in [2.24, 2.45) is 0 Å². The van der Waals surface area contributed by atoms with Gasteiger partial charge in [0.2, 0.25) is 17.7 Å². The van der Waals surface area contributed by atoms with Crippen LogP contribution in [0, 0.1) is 5.82 Å². The van der Waals surface area contributed by atoms with E-state index in [1.54, 1.807) is 23.1 Å². The molecular weight excluding hydrogens is 299 g/mol. The van der Waals surface area contributed by atoms with Gasteiger partial charge in [-0.1, -0.05) is 18.2 Å². The van der Waals surface area contributed by atoms with Crippen molar-refractivity contribution in [1.29, 1.82) is 0 Å². The van der Waals surface area contributed by atoms with Gasteiger partial charge in [-0.25, -0.2) is 4.39 Å². The smallest absolute Gasteiger partial charge is 0.229 e. The number of benzene rings is 1. The van der Waals surface area contributed by atoms with Gasteiger partial charge in [0.05, 0.1) is 6.42 Å². The minimum Gasteiger partial charge on any atom is -0.342 e. The van der Waals surface area contributed by atoms with Crippen LogP contribution in [0.4, 0.5) is 4.39 Å². The maximum atomic E-state index is 13.6. The van der Waals surface area contributed by atoms with Crippen LogP contribution in [0.5, 0.6) is 0 Å². The molecule has 2 aliphatic rings. The third kappa shape index (κ3) is 3.25. The number of carbonyl (C=O) groups is 3. The molecule has 3 rings (SSSR count). The predicted octanol–water partition coefficient (Wildman–Crippen LogP) is 1.51. The highest BCUT2D eigenvalue weighted by molar-refractivity contribution is 6.02. The third-order valence-corrected chi connectivity index (χ3v) is 4.57. The lowest BCUT2D eigenvalue weighted by molar-refractivity contribution is -0.142. The van der Waals surface area contributed by atoms with Crippen LogP contribution in [0.3, 0.4) is 0 Å². The maximum absolute atomic E-state index is 13.6. The summed E-state index contributed by atoms with van der Waals surface area (Å²) in [6, 6.07) is 6.16. The Morgan fingerprint density at radius 1 is 1.09 bits per heavy atom. The zero-order chi connectivity index (χ0) is 16.4. The summed E-state index contributed by atoms with van der Waals surface area (Å²) < 4.78 is 13.6. The van der Waals surface area contributed by atoms with Crippen LogP contribution in [0.2, 0.25) is 0 Å². The number of amides is 3. The van der Waals surface area contributed by atoms with Gasteiger partial charge in [-0.3, -0.25) is 19.3 Å².